The molecule has 8 heteroatoms. The third kappa shape index (κ3) is 3.28. The molecule has 0 spiro atoms. The number of aromatic nitrogens is 3. The zero-order valence-electron chi connectivity index (χ0n) is 19.3. The van der Waals surface area contributed by atoms with Crippen LogP contribution in [0.1, 0.15) is 25.3 Å². The first-order chi connectivity index (χ1) is 16.6. The van der Waals surface area contributed by atoms with Crippen molar-refractivity contribution in [2.45, 2.75) is 38.3 Å². The summed E-state index contributed by atoms with van der Waals surface area (Å²) in [7, 11) is 1.56. The fraction of sp³-hybridized carbons (Fsp3) is 0.346. The van der Waals surface area contributed by atoms with Gasteiger partial charge in [-0.05, 0) is 36.3 Å². The topological polar surface area (TPSA) is 92.5 Å². The van der Waals surface area contributed by atoms with Crippen molar-refractivity contribution in [3.8, 4) is 17.3 Å². The van der Waals surface area contributed by atoms with Crippen LogP contribution in [0.2, 0.25) is 0 Å². The van der Waals surface area contributed by atoms with Crippen LogP contribution in [-0.2, 0) is 6.42 Å². The highest BCUT2D eigenvalue weighted by Crippen LogP contribution is 2.33. The lowest BCUT2D eigenvalue weighted by Gasteiger charge is -2.34. The molecule has 2 unspecified atom stereocenters. The van der Waals surface area contributed by atoms with Gasteiger partial charge in [0.25, 0.3) is 5.56 Å². The van der Waals surface area contributed by atoms with E-state index in [9.17, 15) is 9.90 Å². The number of pyridine rings is 1. The maximum atomic E-state index is 13.8. The number of fused-ring (bicyclic) bond motifs is 4. The minimum absolute atomic E-state index is 0.0915. The minimum Gasteiger partial charge on any atom is -0.508 e. The second-order valence-electron chi connectivity index (χ2n) is 9.19. The maximum Gasteiger partial charge on any atom is 0.279 e. The van der Waals surface area contributed by atoms with E-state index in [0.717, 1.165) is 54.5 Å². The molecule has 0 aliphatic carbocycles. The third-order valence-electron chi connectivity index (χ3n) is 7.10. The second-order valence-corrected chi connectivity index (χ2v) is 9.19. The molecular formula is C26H27N5O3. The van der Waals surface area contributed by atoms with Gasteiger partial charge in [-0.2, -0.15) is 14.8 Å². The van der Waals surface area contributed by atoms with Crippen molar-refractivity contribution in [1.29, 1.82) is 0 Å². The van der Waals surface area contributed by atoms with Gasteiger partial charge in [-0.25, -0.2) is 0 Å². The number of nitrogens with one attached hydrogen (secondary N) is 1. The molecule has 0 amide bonds. The van der Waals surface area contributed by atoms with Crippen LogP contribution in [0.4, 0.5) is 5.82 Å². The zero-order chi connectivity index (χ0) is 23.4. The van der Waals surface area contributed by atoms with Crippen molar-refractivity contribution in [3.63, 3.8) is 0 Å². The number of phenolic OH excluding ortho intramolecular Hbond substituents is 1. The maximum absolute atomic E-state index is 13.8. The Labute approximate surface area is 196 Å². The molecule has 2 aliphatic heterocycles. The summed E-state index contributed by atoms with van der Waals surface area (Å²) in [5.74, 6) is 1.23. The molecule has 2 aromatic heterocycles. The number of aromatic hydroxyl groups is 1. The molecule has 8 nitrogen and oxygen atoms in total. The predicted molar refractivity (Wildman–Crippen MR) is 132 cm³/mol. The monoisotopic (exact) mass is 457 g/mol. The van der Waals surface area contributed by atoms with Crippen molar-refractivity contribution in [2.75, 3.05) is 25.1 Å². The summed E-state index contributed by atoms with van der Waals surface area (Å²) >= 11 is 0. The number of benzene rings is 2. The standard InChI is InChI=1S/C26H27N5O3/c1-3-15-5-4-6-16-9-19(32)10-22(24(15)16)31-26(33)20-11-23(34-2)29-25(21(20)12-27-31)30-13-17-7-8-18(14-30)28-17/h4-6,9-12,17-18,28,32H,3,7-8,13-14H2,1-2H3. The Hall–Kier alpha value is -3.65. The van der Waals surface area contributed by atoms with Crippen LogP contribution in [0.5, 0.6) is 11.6 Å². The number of aryl methyl sites for hydroxylation is 1. The van der Waals surface area contributed by atoms with Crippen LogP contribution in [0.3, 0.4) is 0 Å². The summed E-state index contributed by atoms with van der Waals surface area (Å²) in [5, 5.41) is 21.6. The Balaban J connectivity index is 1.58. The normalized spacial score (nSPS) is 19.8. The summed E-state index contributed by atoms with van der Waals surface area (Å²) in [5.41, 5.74) is 1.39. The summed E-state index contributed by atoms with van der Waals surface area (Å²) in [6, 6.07) is 11.8. The van der Waals surface area contributed by atoms with E-state index < -0.39 is 0 Å². The number of nitrogens with zero attached hydrogens (tertiary/aromatic N) is 4. The lowest BCUT2D eigenvalue weighted by Crippen LogP contribution is -2.51. The SMILES string of the molecule is CCc1cccc2cc(O)cc(-n3ncc4c(N5CC6CCC(C5)N6)nc(OC)cc4c3=O)c12. The van der Waals surface area contributed by atoms with Crippen LogP contribution >= 0.6 is 0 Å². The van der Waals surface area contributed by atoms with Crippen LogP contribution in [0, 0.1) is 0 Å². The summed E-state index contributed by atoms with van der Waals surface area (Å²) in [6.45, 7) is 3.75. The van der Waals surface area contributed by atoms with Gasteiger partial charge in [0, 0.05) is 42.7 Å². The number of piperazine rings is 1. The Morgan fingerprint density at radius 3 is 2.68 bits per heavy atom. The van der Waals surface area contributed by atoms with Gasteiger partial charge in [-0.3, -0.25) is 4.79 Å². The lowest BCUT2D eigenvalue weighted by molar-refractivity contribution is 0.397. The Morgan fingerprint density at radius 1 is 1.15 bits per heavy atom. The smallest absolute Gasteiger partial charge is 0.279 e. The van der Waals surface area contributed by atoms with E-state index in [1.165, 1.54) is 4.68 Å². The summed E-state index contributed by atoms with van der Waals surface area (Å²) in [4.78, 5) is 20.8. The van der Waals surface area contributed by atoms with Crippen LogP contribution in [-0.4, -0.2) is 52.2 Å². The average Bonchev–Trinajstić information content (AvgIpc) is 3.20. The van der Waals surface area contributed by atoms with Crippen LogP contribution in [0.15, 0.2) is 47.4 Å². The van der Waals surface area contributed by atoms with E-state index in [4.69, 9.17) is 9.72 Å². The predicted octanol–water partition coefficient (Wildman–Crippen LogP) is 3.15. The molecule has 174 valence electrons. The fourth-order valence-electron chi connectivity index (χ4n) is 5.52. The fourth-order valence-corrected chi connectivity index (χ4v) is 5.52. The van der Waals surface area contributed by atoms with Crippen molar-refractivity contribution in [3.05, 3.63) is 58.5 Å². The number of hydrogen-bond donors (Lipinski definition) is 2. The zero-order valence-corrected chi connectivity index (χ0v) is 19.3. The van der Waals surface area contributed by atoms with Crippen molar-refractivity contribution in [1.82, 2.24) is 20.1 Å². The number of phenols is 1. The van der Waals surface area contributed by atoms with Crippen molar-refractivity contribution in [2.24, 2.45) is 0 Å². The first kappa shape index (κ1) is 20.9. The molecule has 4 heterocycles. The molecule has 2 aromatic carbocycles. The third-order valence-corrected chi connectivity index (χ3v) is 7.10. The highest BCUT2D eigenvalue weighted by atomic mass is 16.5. The van der Waals surface area contributed by atoms with Gasteiger partial charge in [0.2, 0.25) is 5.88 Å². The molecule has 4 aromatic rings. The quantitative estimate of drug-likeness (QED) is 0.486. The van der Waals surface area contributed by atoms with Crippen LogP contribution in [0.25, 0.3) is 27.2 Å². The van der Waals surface area contributed by atoms with Gasteiger partial charge in [0.05, 0.1) is 29.8 Å². The summed E-state index contributed by atoms with van der Waals surface area (Å²) < 4.78 is 6.87. The number of methoxy groups -OCH3 is 1. The molecule has 2 N–H and O–H groups in total. The first-order valence-electron chi connectivity index (χ1n) is 11.8. The van der Waals surface area contributed by atoms with Crippen LogP contribution < -0.4 is 20.5 Å². The molecule has 34 heavy (non-hydrogen) atoms. The largest absolute Gasteiger partial charge is 0.508 e. The molecule has 0 radical (unpaired) electrons. The highest BCUT2D eigenvalue weighted by molar-refractivity contribution is 5.96. The van der Waals surface area contributed by atoms with Crippen molar-refractivity contribution < 1.29 is 9.84 Å². The minimum atomic E-state index is -0.268. The van der Waals surface area contributed by atoms with Gasteiger partial charge in [0.1, 0.15) is 11.6 Å². The first-order valence-corrected chi connectivity index (χ1v) is 11.8. The van der Waals surface area contributed by atoms with E-state index in [0.29, 0.717) is 34.4 Å². The summed E-state index contributed by atoms with van der Waals surface area (Å²) in [6.07, 6.45) is 4.81. The second kappa shape index (κ2) is 7.99. The van der Waals surface area contributed by atoms with Gasteiger partial charge in [-0.15, -0.1) is 0 Å². The van der Waals surface area contributed by atoms with E-state index in [-0.39, 0.29) is 11.3 Å². The number of anilines is 1. The van der Waals surface area contributed by atoms with Gasteiger partial charge >= 0.3 is 0 Å². The Kier molecular flexibility index (Phi) is 4.91. The van der Waals surface area contributed by atoms with Gasteiger partial charge in [-0.1, -0.05) is 25.1 Å². The Morgan fingerprint density at radius 2 is 1.94 bits per heavy atom. The molecule has 2 aliphatic rings. The molecule has 2 fully saturated rings. The average molecular weight is 458 g/mol. The molecule has 0 saturated carbocycles. The molecule has 2 bridgehead atoms. The van der Waals surface area contributed by atoms with E-state index in [1.54, 1.807) is 31.5 Å². The van der Waals surface area contributed by atoms with Gasteiger partial charge < -0.3 is 20.1 Å². The molecule has 6 rings (SSSR count). The molecular weight excluding hydrogens is 430 g/mol. The molecule has 2 atom stereocenters. The molecule has 2 saturated heterocycles. The number of rotatable bonds is 4. The van der Waals surface area contributed by atoms with E-state index in [2.05, 4.69) is 22.2 Å². The Bertz CT molecular complexity index is 1470. The number of hydrogen-bond acceptors (Lipinski definition) is 7. The highest BCUT2D eigenvalue weighted by Gasteiger charge is 2.33. The van der Waals surface area contributed by atoms with E-state index >= 15 is 0 Å². The van der Waals surface area contributed by atoms with E-state index in [1.807, 2.05) is 18.2 Å². The van der Waals surface area contributed by atoms with Gasteiger partial charge in [0.15, 0.2) is 0 Å². The lowest BCUT2D eigenvalue weighted by atomic mass is 10.0. The number of ether oxygens (including phenoxy) is 1. The van der Waals surface area contributed by atoms with Crippen molar-refractivity contribution >= 4 is 27.4 Å².